The van der Waals surface area contributed by atoms with Gasteiger partial charge in [0.05, 0.1) is 6.54 Å². The largest absolute Gasteiger partial charge is 0.454 e. The van der Waals surface area contributed by atoms with E-state index >= 15 is 0 Å². The number of carbonyl (C=O) groups is 2. The molecule has 1 saturated heterocycles. The number of carbonyl (C=O) groups excluding carboxylic acids is 2. The molecule has 0 aliphatic carbocycles. The fourth-order valence-corrected chi connectivity index (χ4v) is 3.54. The SMILES string of the molecule is CC(C)(C)c1ccc(CN2C(=O)N[C@@](C)(c3ccc4c(c3)OCO4)C2=O)cc1. The summed E-state index contributed by atoms with van der Waals surface area (Å²) in [5, 5.41) is 2.83. The lowest BCUT2D eigenvalue weighted by Gasteiger charge is -2.23. The van der Waals surface area contributed by atoms with Crippen molar-refractivity contribution in [2.75, 3.05) is 6.79 Å². The van der Waals surface area contributed by atoms with Gasteiger partial charge >= 0.3 is 6.03 Å². The Morgan fingerprint density at radius 2 is 1.71 bits per heavy atom. The summed E-state index contributed by atoms with van der Waals surface area (Å²) in [4.78, 5) is 27.0. The maximum absolute atomic E-state index is 13.1. The molecule has 1 fully saturated rings. The van der Waals surface area contributed by atoms with E-state index in [4.69, 9.17) is 9.47 Å². The van der Waals surface area contributed by atoms with Crippen molar-refractivity contribution in [1.82, 2.24) is 10.2 Å². The van der Waals surface area contributed by atoms with Gasteiger partial charge in [0, 0.05) is 0 Å². The molecule has 3 amide bonds. The van der Waals surface area contributed by atoms with Crippen LogP contribution in [0, 0.1) is 0 Å². The lowest BCUT2D eigenvalue weighted by Crippen LogP contribution is -2.40. The lowest BCUT2D eigenvalue weighted by molar-refractivity contribution is -0.131. The second-order valence-corrected chi connectivity index (χ2v) is 8.46. The molecular weight excluding hydrogens is 356 g/mol. The molecule has 0 aromatic heterocycles. The Balaban J connectivity index is 1.57. The number of rotatable bonds is 3. The minimum Gasteiger partial charge on any atom is -0.454 e. The first-order valence-corrected chi connectivity index (χ1v) is 9.32. The fourth-order valence-electron chi connectivity index (χ4n) is 3.54. The molecule has 6 nitrogen and oxygen atoms in total. The van der Waals surface area contributed by atoms with E-state index in [9.17, 15) is 9.59 Å². The van der Waals surface area contributed by atoms with Gasteiger partial charge in [-0.05, 0) is 41.2 Å². The Kier molecular flexibility index (Phi) is 4.10. The summed E-state index contributed by atoms with van der Waals surface area (Å²) in [6.07, 6.45) is 0. The number of amides is 3. The summed E-state index contributed by atoms with van der Waals surface area (Å²) in [5.74, 6) is 0.938. The zero-order valence-corrected chi connectivity index (χ0v) is 16.5. The molecule has 2 heterocycles. The maximum Gasteiger partial charge on any atom is 0.325 e. The summed E-state index contributed by atoms with van der Waals surface area (Å²) in [6.45, 7) is 8.55. The van der Waals surface area contributed by atoms with Crippen molar-refractivity contribution in [2.45, 2.75) is 45.2 Å². The van der Waals surface area contributed by atoms with Crippen molar-refractivity contribution >= 4 is 11.9 Å². The third-order valence-electron chi connectivity index (χ3n) is 5.39. The highest BCUT2D eigenvalue weighted by molar-refractivity contribution is 6.07. The van der Waals surface area contributed by atoms with Crippen LogP contribution in [0.2, 0.25) is 0 Å². The Hall–Kier alpha value is -3.02. The molecule has 1 N–H and O–H groups in total. The average molecular weight is 380 g/mol. The Morgan fingerprint density at radius 3 is 2.39 bits per heavy atom. The standard InChI is InChI=1S/C22H24N2O4/c1-21(2,3)15-7-5-14(6-8-15)12-24-19(25)22(4,23-20(24)26)16-9-10-17-18(11-16)28-13-27-17/h5-11H,12-13H2,1-4H3,(H,23,26)/t22-/m0/s1. The van der Waals surface area contributed by atoms with E-state index in [1.54, 1.807) is 25.1 Å². The van der Waals surface area contributed by atoms with Crippen LogP contribution in [0.5, 0.6) is 11.5 Å². The zero-order valence-electron chi connectivity index (χ0n) is 16.5. The Labute approximate surface area is 164 Å². The molecule has 0 saturated carbocycles. The van der Waals surface area contributed by atoms with Crippen LogP contribution in [0.25, 0.3) is 0 Å². The molecule has 0 bridgehead atoms. The number of ether oxygens (including phenoxy) is 2. The van der Waals surface area contributed by atoms with E-state index in [1.165, 1.54) is 10.5 Å². The van der Waals surface area contributed by atoms with Crippen LogP contribution in [0.1, 0.15) is 44.4 Å². The summed E-state index contributed by atoms with van der Waals surface area (Å²) in [5.41, 5.74) is 1.70. The molecule has 2 aliphatic rings. The van der Waals surface area contributed by atoms with E-state index in [0.717, 1.165) is 5.56 Å². The highest BCUT2D eigenvalue weighted by Crippen LogP contribution is 2.38. The van der Waals surface area contributed by atoms with Crippen LogP contribution in [0.4, 0.5) is 4.79 Å². The van der Waals surface area contributed by atoms with Crippen LogP contribution >= 0.6 is 0 Å². The first-order valence-electron chi connectivity index (χ1n) is 9.32. The summed E-state index contributed by atoms with van der Waals surface area (Å²) >= 11 is 0. The summed E-state index contributed by atoms with van der Waals surface area (Å²) in [7, 11) is 0. The van der Waals surface area contributed by atoms with Crippen molar-refractivity contribution in [3.8, 4) is 11.5 Å². The van der Waals surface area contributed by atoms with Crippen molar-refractivity contribution < 1.29 is 19.1 Å². The highest BCUT2D eigenvalue weighted by atomic mass is 16.7. The smallest absolute Gasteiger partial charge is 0.325 e. The number of nitrogens with one attached hydrogen (secondary N) is 1. The number of nitrogens with zero attached hydrogens (tertiary/aromatic N) is 1. The molecule has 0 radical (unpaired) electrons. The van der Waals surface area contributed by atoms with Crippen molar-refractivity contribution in [3.63, 3.8) is 0 Å². The molecular formula is C22H24N2O4. The van der Waals surface area contributed by atoms with E-state index in [2.05, 4.69) is 26.1 Å². The zero-order chi connectivity index (χ0) is 20.1. The quantitative estimate of drug-likeness (QED) is 0.825. The van der Waals surface area contributed by atoms with Gasteiger partial charge in [0.1, 0.15) is 5.54 Å². The lowest BCUT2D eigenvalue weighted by atomic mass is 9.86. The molecule has 2 aromatic rings. The van der Waals surface area contributed by atoms with Gasteiger partial charge < -0.3 is 14.8 Å². The molecule has 0 spiro atoms. The number of benzene rings is 2. The topological polar surface area (TPSA) is 67.9 Å². The van der Waals surface area contributed by atoms with E-state index in [1.807, 2.05) is 24.3 Å². The minimum atomic E-state index is -1.14. The van der Waals surface area contributed by atoms with Crippen molar-refractivity contribution in [1.29, 1.82) is 0 Å². The van der Waals surface area contributed by atoms with Gasteiger partial charge in [0.15, 0.2) is 11.5 Å². The first-order chi connectivity index (χ1) is 13.2. The number of imide groups is 1. The Morgan fingerprint density at radius 1 is 1.04 bits per heavy atom. The number of hydrogen-bond donors (Lipinski definition) is 1. The predicted octanol–water partition coefficient (Wildman–Crippen LogP) is 3.68. The molecule has 146 valence electrons. The highest BCUT2D eigenvalue weighted by Gasteiger charge is 2.49. The third kappa shape index (κ3) is 2.99. The molecule has 0 unspecified atom stereocenters. The Bertz CT molecular complexity index is 946. The van der Waals surface area contributed by atoms with Crippen molar-refractivity contribution in [3.05, 3.63) is 59.2 Å². The van der Waals surface area contributed by atoms with Crippen LogP contribution in [0.15, 0.2) is 42.5 Å². The van der Waals surface area contributed by atoms with Crippen molar-refractivity contribution in [2.24, 2.45) is 0 Å². The predicted molar refractivity (Wildman–Crippen MR) is 104 cm³/mol. The third-order valence-corrected chi connectivity index (χ3v) is 5.39. The van der Waals surface area contributed by atoms with Gasteiger partial charge in [-0.3, -0.25) is 9.69 Å². The van der Waals surface area contributed by atoms with Gasteiger partial charge in [-0.15, -0.1) is 0 Å². The second kappa shape index (κ2) is 6.26. The number of fused-ring (bicyclic) bond motifs is 1. The number of hydrogen-bond acceptors (Lipinski definition) is 4. The van der Waals surface area contributed by atoms with Crippen LogP contribution in [0.3, 0.4) is 0 Å². The molecule has 1 atom stereocenters. The van der Waals surface area contributed by atoms with Crippen LogP contribution in [-0.2, 0) is 22.3 Å². The maximum atomic E-state index is 13.1. The monoisotopic (exact) mass is 380 g/mol. The van der Waals surface area contributed by atoms with Gasteiger partial charge in [0.25, 0.3) is 5.91 Å². The molecule has 4 rings (SSSR count). The second-order valence-electron chi connectivity index (χ2n) is 8.46. The minimum absolute atomic E-state index is 0.0529. The molecule has 2 aromatic carbocycles. The van der Waals surface area contributed by atoms with E-state index in [-0.39, 0.29) is 24.7 Å². The summed E-state index contributed by atoms with van der Waals surface area (Å²) in [6, 6.07) is 12.9. The average Bonchev–Trinajstić information content (AvgIpc) is 3.20. The molecule has 28 heavy (non-hydrogen) atoms. The first kappa shape index (κ1) is 18.3. The summed E-state index contributed by atoms with van der Waals surface area (Å²) < 4.78 is 10.7. The van der Waals surface area contributed by atoms with Gasteiger partial charge in [-0.25, -0.2) is 4.79 Å². The van der Waals surface area contributed by atoms with Crippen LogP contribution in [-0.4, -0.2) is 23.6 Å². The van der Waals surface area contributed by atoms with Crippen LogP contribution < -0.4 is 14.8 Å². The van der Waals surface area contributed by atoms with E-state index in [0.29, 0.717) is 17.1 Å². The number of urea groups is 1. The van der Waals surface area contributed by atoms with E-state index < -0.39 is 11.6 Å². The molecule has 2 aliphatic heterocycles. The van der Waals surface area contributed by atoms with Gasteiger partial charge in [-0.2, -0.15) is 0 Å². The van der Waals surface area contributed by atoms with Gasteiger partial charge in [0.2, 0.25) is 6.79 Å². The molecule has 6 heteroatoms. The van der Waals surface area contributed by atoms with Gasteiger partial charge in [-0.1, -0.05) is 51.1 Å². The normalized spacial score (nSPS) is 21.2. The fraction of sp³-hybridized carbons (Fsp3) is 0.364.